The van der Waals surface area contributed by atoms with Gasteiger partial charge in [-0.3, -0.25) is 4.79 Å². The predicted molar refractivity (Wildman–Crippen MR) is 54.2 cm³/mol. The predicted octanol–water partition coefficient (Wildman–Crippen LogP) is 2.28. The van der Waals surface area contributed by atoms with Gasteiger partial charge in [0.2, 0.25) is 0 Å². The van der Waals surface area contributed by atoms with Crippen LogP contribution < -0.4 is 0 Å². The topological polar surface area (TPSA) is 42.9 Å². The molecule has 0 radical (unpaired) electrons. The Morgan fingerprint density at radius 3 is 2.73 bits per heavy atom. The van der Waals surface area contributed by atoms with Crippen LogP contribution in [0.1, 0.15) is 23.2 Å². The Morgan fingerprint density at radius 2 is 2.07 bits per heavy atom. The van der Waals surface area contributed by atoms with Crippen molar-refractivity contribution in [3.63, 3.8) is 0 Å². The Hall–Kier alpha value is -1.84. The van der Waals surface area contributed by atoms with Gasteiger partial charge in [-0.25, -0.2) is 14.4 Å². The summed E-state index contributed by atoms with van der Waals surface area (Å²) in [7, 11) is 0. The minimum Gasteiger partial charge on any atom is -0.291 e. The van der Waals surface area contributed by atoms with Gasteiger partial charge in [0.25, 0.3) is 0 Å². The van der Waals surface area contributed by atoms with Gasteiger partial charge in [-0.1, -0.05) is 0 Å². The molecule has 76 valence electrons. The number of hydrogen-bond acceptors (Lipinski definition) is 3. The second-order valence-electron chi connectivity index (χ2n) is 3.35. The number of Topliss-reactive ketones (excluding diaryl/α,β-unsaturated/α-hetero) is 1. The minimum absolute atomic E-state index is 0.130. The molecule has 0 aliphatic carbocycles. The van der Waals surface area contributed by atoms with Crippen molar-refractivity contribution in [2.45, 2.75) is 13.8 Å². The second-order valence-corrected chi connectivity index (χ2v) is 3.35. The molecule has 2 rings (SSSR count). The van der Waals surface area contributed by atoms with E-state index in [9.17, 15) is 9.18 Å². The summed E-state index contributed by atoms with van der Waals surface area (Å²) in [5.41, 5.74) is 1.15. The van der Waals surface area contributed by atoms with E-state index >= 15 is 0 Å². The lowest BCUT2D eigenvalue weighted by molar-refractivity contribution is 0.100. The molecule has 15 heavy (non-hydrogen) atoms. The standard InChI is InChI=1S/C11H9FN2O/c1-6-9-4-3-8(12)5-10(9)14-11(13-6)7(2)15/h3-5H,1-2H3. The molecule has 1 aromatic heterocycles. The quantitative estimate of drug-likeness (QED) is 0.669. The Kier molecular flexibility index (Phi) is 2.19. The first-order chi connectivity index (χ1) is 7.08. The summed E-state index contributed by atoms with van der Waals surface area (Å²) in [4.78, 5) is 19.2. The fourth-order valence-electron chi connectivity index (χ4n) is 1.42. The summed E-state index contributed by atoms with van der Waals surface area (Å²) >= 11 is 0. The fraction of sp³-hybridized carbons (Fsp3) is 0.182. The largest absolute Gasteiger partial charge is 0.291 e. The van der Waals surface area contributed by atoms with E-state index < -0.39 is 0 Å². The summed E-state index contributed by atoms with van der Waals surface area (Å²) in [6.07, 6.45) is 0. The monoisotopic (exact) mass is 204 g/mol. The number of benzene rings is 1. The highest BCUT2D eigenvalue weighted by Crippen LogP contribution is 2.16. The van der Waals surface area contributed by atoms with Crippen LogP contribution in [-0.2, 0) is 0 Å². The van der Waals surface area contributed by atoms with Gasteiger partial charge in [0.15, 0.2) is 11.6 Å². The Morgan fingerprint density at radius 1 is 1.33 bits per heavy atom. The first kappa shape index (κ1) is 9.71. The number of aromatic nitrogens is 2. The van der Waals surface area contributed by atoms with Crippen LogP contribution in [-0.4, -0.2) is 15.8 Å². The normalized spacial score (nSPS) is 10.6. The zero-order valence-electron chi connectivity index (χ0n) is 8.41. The molecule has 0 atom stereocenters. The molecule has 1 heterocycles. The highest BCUT2D eigenvalue weighted by molar-refractivity contribution is 5.93. The molecule has 0 aliphatic heterocycles. The number of ketones is 1. The summed E-state index contributed by atoms with van der Waals surface area (Å²) in [5.74, 6) is -0.454. The van der Waals surface area contributed by atoms with Crippen LogP contribution in [0.25, 0.3) is 10.9 Å². The third kappa shape index (κ3) is 1.70. The second kappa shape index (κ2) is 3.38. The van der Waals surface area contributed by atoms with Crippen molar-refractivity contribution in [1.82, 2.24) is 9.97 Å². The summed E-state index contributed by atoms with van der Waals surface area (Å²) in [6.45, 7) is 3.16. The van der Waals surface area contributed by atoms with Crippen LogP contribution in [0.5, 0.6) is 0 Å². The molecule has 0 bridgehead atoms. The van der Waals surface area contributed by atoms with Crippen LogP contribution in [0.4, 0.5) is 4.39 Å². The Balaban J connectivity index is 2.79. The smallest absolute Gasteiger partial charge is 0.196 e. The number of rotatable bonds is 1. The highest BCUT2D eigenvalue weighted by atomic mass is 19.1. The summed E-state index contributed by atoms with van der Waals surface area (Å²) in [6, 6.07) is 4.27. The van der Waals surface area contributed by atoms with E-state index in [1.807, 2.05) is 0 Å². The molecule has 0 spiro atoms. The summed E-state index contributed by atoms with van der Waals surface area (Å²) < 4.78 is 13.0. The lowest BCUT2D eigenvalue weighted by Crippen LogP contribution is -2.03. The van der Waals surface area contributed by atoms with Gasteiger partial charge in [0, 0.05) is 24.1 Å². The molecular weight excluding hydrogens is 195 g/mol. The van der Waals surface area contributed by atoms with Crippen LogP contribution in [0.3, 0.4) is 0 Å². The number of aryl methyl sites for hydroxylation is 1. The van der Waals surface area contributed by atoms with Crippen molar-refractivity contribution >= 4 is 16.7 Å². The highest BCUT2D eigenvalue weighted by Gasteiger charge is 2.08. The molecule has 2 aromatic rings. The van der Waals surface area contributed by atoms with Crippen molar-refractivity contribution in [3.8, 4) is 0 Å². The molecule has 0 fully saturated rings. The lowest BCUT2D eigenvalue weighted by atomic mass is 10.2. The van der Waals surface area contributed by atoms with E-state index in [1.54, 1.807) is 13.0 Å². The van der Waals surface area contributed by atoms with E-state index in [0.29, 0.717) is 11.2 Å². The van der Waals surface area contributed by atoms with Crippen molar-refractivity contribution in [3.05, 3.63) is 35.5 Å². The van der Waals surface area contributed by atoms with E-state index in [4.69, 9.17) is 0 Å². The van der Waals surface area contributed by atoms with Gasteiger partial charge in [-0.15, -0.1) is 0 Å². The first-order valence-corrected chi connectivity index (χ1v) is 4.53. The molecule has 0 unspecified atom stereocenters. The summed E-state index contributed by atoms with van der Waals surface area (Å²) in [5, 5.41) is 0.765. The average molecular weight is 204 g/mol. The third-order valence-electron chi connectivity index (χ3n) is 2.16. The molecule has 3 nitrogen and oxygen atoms in total. The molecule has 0 amide bonds. The van der Waals surface area contributed by atoms with Gasteiger partial charge in [0.1, 0.15) is 5.82 Å². The van der Waals surface area contributed by atoms with Crippen LogP contribution in [0, 0.1) is 12.7 Å². The molecule has 0 N–H and O–H groups in total. The van der Waals surface area contributed by atoms with Gasteiger partial charge < -0.3 is 0 Å². The number of carbonyl (C=O) groups is 1. The van der Waals surface area contributed by atoms with E-state index in [0.717, 1.165) is 5.39 Å². The average Bonchev–Trinajstić information content (AvgIpc) is 2.16. The zero-order chi connectivity index (χ0) is 11.0. The number of hydrogen-bond donors (Lipinski definition) is 0. The van der Waals surface area contributed by atoms with Crippen LogP contribution in [0.15, 0.2) is 18.2 Å². The maximum atomic E-state index is 13.0. The van der Waals surface area contributed by atoms with Crippen molar-refractivity contribution in [2.75, 3.05) is 0 Å². The number of carbonyl (C=O) groups excluding carboxylic acids is 1. The minimum atomic E-state index is -0.366. The molecular formula is C11H9FN2O. The lowest BCUT2D eigenvalue weighted by Gasteiger charge is -2.02. The van der Waals surface area contributed by atoms with Crippen molar-refractivity contribution in [1.29, 1.82) is 0 Å². The number of nitrogens with zero attached hydrogens (tertiary/aromatic N) is 2. The van der Waals surface area contributed by atoms with Gasteiger partial charge in [-0.05, 0) is 19.1 Å². The SMILES string of the molecule is CC(=O)c1nc(C)c2ccc(F)cc2n1. The zero-order valence-corrected chi connectivity index (χ0v) is 8.41. The molecule has 0 saturated heterocycles. The number of halogens is 1. The first-order valence-electron chi connectivity index (χ1n) is 4.53. The van der Waals surface area contributed by atoms with Gasteiger partial charge >= 0.3 is 0 Å². The van der Waals surface area contributed by atoms with E-state index in [1.165, 1.54) is 19.1 Å². The van der Waals surface area contributed by atoms with Crippen LogP contribution >= 0.6 is 0 Å². The van der Waals surface area contributed by atoms with Crippen molar-refractivity contribution in [2.24, 2.45) is 0 Å². The van der Waals surface area contributed by atoms with E-state index in [2.05, 4.69) is 9.97 Å². The number of fused-ring (bicyclic) bond motifs is 1. The maximum absolute atomic E-state index is 13.0. The fourth-order valence-corrected chi connectivity index (χ4v) is 1.42. The van der Waals surface area contributed by atoms with E-state index in [-0.39, 0.29) is 17.4 Å². The molecule has 1 aromatic carbocycles. The molecule has 4 heteroatoms. The van der Waals surface area contributed by atoms with Gasteiger partial charge in [0.05, 0.1) is 5.52 Å². The Bertz CT molecular complexity index is 552. The maximum Gasteiger partial charge on any atom is 0.196 e. The molecule has 0 aliphatic rings. The third-order valence-corrected chi connectivity index (χ3v) is 2.16. The van der Waals surface area contributed by atoms with Crippen LogP contribution in [0.2, 0.25) is 0 Å². The van der Waals surface area contributed by atoms with Crippen molar-refractivity contribution < 1.29 is 9.18 Å². The molecule has 0 saturated carbocycles. The Labute approximate surface area is 86.0 Å². The van der Waals surface area contributed by atoms with Gasteiger partial charge in [-0.2, -0.15) is 0 Å².